The largest absolute Gasteiger partial charge is 0.546 e. The van der Waals surface area contributed by atoms with Gasteiger partial charge in [0.05, 0.1) is 0 Å². The molecule has 1 aromatic carbocycles. The van der Waals surface area contributed by atoms with Gasteiger partial charge in [-0.2, -0.15) is 4.89 Å². The van der Waals surface area contributed by atoms with Crippen LogP contribution in [0, 0.1) is 0 Å². The Morgan fingerprint density at radius 3 is 1.93 bits per heavy atom. The summed E-state index contributed by atoms with van der Waals surface area (Å²) in [5.74, 6) is 0. The first-order chi connectivity index (χ1) is 5.61. The van der Waals surface area contributed by atoms with E-state index in [1.165, 1.54) is 0 Å². The van der Waals surface area contributed by atoms with Crippen LogP contribution in [0.4, 0.5) is 5.69 Å². The van der Waals surface area contributed by atoms with Crippen molar-refractivity contribution in [2.75, 3.05) is 19.0 Å². The Balaban J connectivity index is 0. The Morgan fingerprint density at radius 1 is 1.21 bits per heavy atom. The third-order valence-electron chi connectivity index (χ3n) is 1.59. The summed E-state index contributed by atoms with van der Waals surface area (Å²) in [4.78, 5) is 10.7. The molecule has 0 saturated carbocycles. The molecule has 14 heavy (non-hydrogen) atoms. The molecule has 0 aliphatic heterocycles. The third kappa shape index (κ3) is 4.03. The lowest BCUT2D eigenvalue weighted by Gasteiger charge is -2.10. The minimum absolute atomic E-state index is 0. The van der Waals surface area contributed by atoms with Gasteiger partial charge in [0.15, 0.2) is 0 Å². The molecule has 1 unspecified atom stereocenters. The number of hydrogen-bond acceptors (Lipinski definition) is 2. The van der Waals surface area contributed by atoms with E-state index < -0.39 is 8.03 Å². The van der Waals surface area contributed by atoms with Crippen LogP contribution in [-0.4, -0.2) is 24.5 Å². The van der Waals surface area contributed by atoms with E-state index in [4.69, 9.17) is 4.89 Å². The molecule has 0 fully saturated rings. The van der Waals surface area contributed by atoms with E-state index in [-0.39, 0.29) is 17.9 Å². The highest BCUT2D eigenvalue weighted by atomic mass is 35.5. The maximum Gasteiger partial charge on any atom is 0.546 e. The fourth-order valence-corrected chi connectivity index (χ4v) is 1.28. The molecular weight excluding hydrogens is 225 g/mol. The zero-order chi connectivity index (χ0) is 9.14. The first-order valence-corrected chi connectivity index (χ1v) is 4.76. The molecule has 1 atom stereocenters. The maximum atomic E-state index is 10.6. The summed E-state index contributed by atoms with van der Waals surface area (Å²) in [5, 5.41) is 0.468. The van der Waals surface area contributed by atoms with Gasteiger partial charge in [-0.1, -0.05) is 0 Å². The number of nitrogens with zero attached hydrogens (tertiary/aromatic N) is 1. The normalized spacial score (nSPS) is 9.50. The van der Waals surface area contributed by atoms with Crippen LogP contribution in [0.2, 0.25) is 0 Å². The van der Waals surface area contributed by atoms with Gasteiger partial charge in [-0.25, -0.2) is 0 Å². The van der Waals surface area contributed by atoms with Crippen molar-refractivity contribution in [2.24, 2.45) is 0 Å². The molecule has 3 N–H and O–H groups in total. The fourth-order valence-electron chi connectivity index (χ4n) is 0.878. The minimum atomic E-state index is -2.20. The van der Waals surface area contributed by atoms with Gasteiger partial charge in [-0.3, -0.25) is 0 Å². The van der Waals surface area contributed by atoms with Crippen molar-refractivity contribution in [3.05, 3.63) is 24.3 Å². The van der Waals surface area contributed by atoms with E-state index in [2.05, 4.69) is 0 Å². The van der Waals surface area contributed by atoms with E-state index in [1.807, 2.05) is 31.1 Å². The van der Waals surface area contributed by atoms with E-state index in [9.17, 15) is 4.57 Å². The number of benzene rings is 1. The SMILES string of the molecule is CN(C)c1ccc([P+](=O)O)cc1.Cl.O. The average Bonchev–Trinajstić information content (AvgIpc) is 2.04. The van der Waals surface area contributed by atoms with Crippen LogP contribution in [-0.2, 0) is 4.57 Å². The number of hydrogen-bond donors (Lipinski definition) is 1. The molecule has 0 spiro atoms. The molecule has 0 radical (unpaired) electrons. The highest BCUT2D eigenvalue weighted by Crippen LogP contribution is 2.15. The van der Waals surface area contributed by atoms with Crippen LogP contribution < -0.4 is 10.2 Å². The lowest BCUT2D eigenvalue weighted by Crippen LogP contribution is -2.09. The lowest BCUT2D eigenvalue weighted by atomic mass is 10.3. The molecule has 0 amide bonds. The Bertz CT molecular complexity index is 289. The summed E-state index contributed by atoms with van der Waals surface area (Å²) in [6.07, 6.45) is 0. The van der Waals surface area contributed by atoms with Crippen LogP contribution in [0.3, 0.4) is 0 Å². The number of halogens is 1. The average molecular weight is 239 g/mol. The van der Waals surface area contributed by atoms with Crippen molar-refractivity contribution < 1.29 is 14.9 Å². The number of rotatable bonds is 2. The van der Waals surface area contributed by atoms with Crippen LogP contribution in [0.5, 0.6) is 0 Å². The molecule has 6 heteroatoms. The van der Waals surface area contributed by atoms with Crippen LogP contribution in [0.1, 0.15) is 0 Å². The topological polar surface area (TPSA) is 72.0 Å². The second kappa shape index (κ2) is 6.74. The lowest BCUT2D eigenvalue weighted by molar-refractivity contribution is 0.513. The smallest absolute Gasteiger partial charge is 0.412 e. The summed E-state index contributed by atoms with van der Waals surface area (Å²) < 4.78 is 10.6. The molecule has 0 saturated heterocycles. The van der Waals surface area contributed by atoms with Crippen LogP contribution >= 0.6 is 20.4 Å². The van der Waals surface area contributed by atoms with Gasteiger partial charge >= 0.3 is 8.03 Å². The molecule has 0 bridgehead atoms. The Morgan fingerprint density at radius 2 is 1.64 bits per heavy atom. The Labute approximate surface area is 90.1 Å². The van der Waals surface area contributed by atoms with E-state index >= 15 is 0 Å². The Kier molecular flexibility index (Phi) is 7.59. The predicted octanol–water partition coefficient (Wildman–Crippen LogP) is 0.710. The number of anilines is 1. The van der Waals surface area contributed by atoms with Crippen molar-refractivity contribution in [2.45, 2.75) is 0 Å². The summed E-state index contributed by atoms with van der Waals surface area (Å²) in [6, 6.07) is 6.96. The van der Waals surface area contributed by atoms with Crippen molar-refractivity contribution in [3.63, 3.8) is 0 Å². The Hall–Kier alpha value is -0.670. The predicted molar refractivity (Wildman–Crippen MR) is 61.1 cm³/mol. The quantitative estimate of drug-likeness (QED) is 0.772. The van der Waals surface area contributed by atoms with Crippen molar-refractivity contribution >= 4 is 31.4 Å². The van der Waals surface area contributed by atoms with Crippen molar-refractivity contribution in [3.8, 4) is 0 Å². The van der Waals surface area contributed by atoms with Crippen molar-refractivity contribution in [1.82, 2.24) is 0 Å². The first kappa shape index (κ1) is 15.8. The van der Waals surface area contributed by atoms with E-state index in [0.29, 0.717) is 5.30 Å². The zero-order valence-electron chi connectivity index (χ0n) is 7.97. The summed E-state index contributed by atoms with van der Waals surface area (Å²) in [7, 11) is 1.65. The molecule has 0 heterocycles. The maximum absolute atomic E-state index is 10.6. The molecule has 4 nitrogen and oxygen atoms in total. The van der Waals surface area contributed by atoms with Crippen LogP contribution in [0.15, 0.2) is 24.3 Å². The van der Waals surface area contributed by atoms with Crippen molar-refractivity contribution in [1.29, 1.82) is 0 Å². The second-order valence-corrected chi connectivity index (χ2v) is 3.75. The van der Waals surface area contributed by atoms with Gasteiger partial charge in [-0.05, 0) is 28.8 Å². The molecule has 0 aromatic heterocycles. The fraction of sp³-hybridized carbons (Fsp3) is 0.250. The molecule has 1 aromatic rings. The molecule has 0 aliphatic rings. The molecule has 1 rings (SSSR count). The van der Waals surface area contributed by atoms with Gasteiger partial charge in [0.25, 0.3) is 0 Å². The molecular formula is C8H14ClNO3P+. The van der Waals surface area contributed by atoms with Gasteiger partial charge in [0.2, 0.25) is 5.30 Å². The molecule has 80 valence electrons. The van der Waals surface area contributed by atoms with Crippen LogP contribution in [0.25, 0.3) is 0 Å². The van der Waals surface area contributed by atoms with E-state index in [1.54, 1.807) is 12.1 Å². The zero-order valence-corrected chi connectivity index (χ0v) is 9.68. The summed E-state index contributed by atoms with van der Waals surface area (Å²) >= 11 is 0. The highest BCUT2D eigenvalue weighted by Gasteiger charge is 2.14. The highest BCUT2D eigenvalue weighted by molar-refractivity contribution is 7.47. The van der Waals surface area contributed by atoms with Gasteiger partial charge in [0, 0.05) is 19.8 Å². The summed E-state index contributed by atoms with van der Waals surface area (Å²) in [6.45, 7) is 0. The van der Waals surface area contributed by atoms with Gasteiger partial charge in [-0.15, -0.1) is 12.4 Å². The first-order valence-electron chi connectivity index (χ1n) is 3.55. The standard InChI is InChI=1S/C8H10NO2P.ClH.H2O/c1-9(2)7-3-5-8(6-4-7)12(10)11;;/h3-6H,1-2H3;1H;1H2/p+1. The minimum Gasteiger partial charge on any atom is -0.412 e. The molecule has 0 aliphatic carbocycles. The van der Waals surface area contributed by atoms with Gasteiger partial charge < -0.3 is 10.4 Å². The summed E-state index contributed by atoms with van der Waals surface area (Å²) in [5.41, 5.74) is 1.02. The van der Waals surface area contributed by atoms with E-state index in [0.717, 1.165) is 5.69 Å². The second-order valence-electron chi connectivity index (χ2n) is 2.68. The monoisotopic (exact) mass is 238 g/mol. The van der Waals surface area contributed by atoms with Gasteiger partial charge in [0.1, 0.15) is 0 Å². The third-order valence-corrected chi connectivity index (χ3v) is 2.33.